The summed E-state index contributed by atoms with van der Waals surface area (Å²) < 4.78 is 11.3. The highest BCUT2D eigenvalue weighted by molar-refractivity contribution is 5.81. The highest BCUT2D eigenvalue weighted by Crippen LogP contribution is 2.15. The van der Waals surface area contributed by atoms with Gasteiger partial charge in [-0.05, 0) is 44.0 Å². The Morgan fingerprint density at radius 2 is 1.94 bits per heavy atom. The summed E-state index contributed by atoms with van der Waals surface area (Å²) in [6.07, 6.45) is 3.17. The molecule has 7 heteroatoms. The fourth-order valence-electron chi connectivity index (χ4n) is 3.37. The predicted molar refractivity (Wildman–Crippen MR) is 122 cm³/mol. The Hall–Kier alpha value is -2.12. The number of amides is 2. The fraction of sp³-hybridized carbons (Fsp3) is 0.667. The van der Waals surface area contributed by atoms with Crippen molar-refractivity contribution in [3.63, 3.8) is 0 Å². The first-order chi connectivity index (χ1) is 14.8. The number of nitrogens with one attached hydrogen (secondary N) is 2. The number of benzene rings is 1. The van der Waals surface area contributed by atoms with E-state index in [0.29, 0.717) is 38.6 Å². The summed E-state index contributed by atoms with van der Waals surface area (Å²) in [4.78, 5) is 26.2. The maximum absolute atomic E-state index is 12.1. The first-order valence-corrected chi connectivity index (χ1v) is 11.3. The molecule has 2 amide bonds. The van der Waals surface area contributed by atoms with Crippen molar-refractivity contribution in [3.8, 4) is 5.75 Å². The van der Waals surface area contributed by atoms with Gasteiger partial charge < -0.3 is 20.1 Å². The molecule has 0 spiro atoms. The fourth-order valence-corrected chi connectivity index (χ4v) is 3.37. The van der Waals surface area contributed by atoms with Crippen LogP contribution in [0, 0.1) is 5.41 Å². The molecular weight excluding hydrogens is 394 g/mol. The predicted octanol–water partition coefficient (Wildman–Crippen LogP) is 2.73. The molecule has 1 fully saturated rings. The molecule has 0 bridgehead atoms. The van der Waals surface area contributed by atoms with Crippen LogP contribution in [0.15, 0.2) is 24.3 Å². The van der Waals surface area contributed by atoms with Crippen LogP contribution in [0.25, 0.3) is 0 Å². The van der Waals surface area contributed by atoms with Crippen molar-refractivity contribution in [1.82, 2.24) is 15.5 Å². The Labute approximate surface area is 186 Å². The number of hydrogen-bond donors (Lipinski definition) is 2. The molecule has 0 radical (unpaired) electrons. The second-order valence-corrected chi connectivity index (χ2v) is 9.21. The quantitative estimate of drug-likeness (QED) is 0.525. The topological polar surface area (TPSA) is 79.9 Å². The Kier molecular flexibility index (Phi) is 10.3. The SMILES string of the molecule is CN(CCOc1cccc(CNC(=O)CCCNC(=O)C(C)(C)C)c1)C1CCOCC1. The van der Waals surface area contributed by atoms with E-state index in [-0.39, 0.29) is 11.8 Å². The van der Waals surface area contributed by atoms with Gasteiger partial charge in [0.15, 0.2) is 0 Å². The lowest BCUT2D eigenvalue weighted by atomic mass is 9.96. The third-order valence-electron chi connectivity index (χ3n) is 5.46. The van der Waals surface area contributed by atoms with Crippen molar-refractivity contribution in [2.24, 2.45) is 5.41 Å². The van der Waals surface area contributed by atoms with Gasteiger partial charge >= 0.3 is 0 Å². The van der Waals surface area contributed by atoms with Crippen molar-refractivity contribution in [1.29, 1.82) is 0 Å². The lowest BCUT2D eigenvalue weighted by molar-refractivity contribution is -0.128. The van der Waals surface area contributed by atoms with E-state index in [9.17, 15) is 9.59 Å². The molecule has 1 aliphatic heterocycles. The van der Waals surface area contributed by atoms with Gasteiger partial charge in [0.2, 0.25) is 11.8 Å². The molecule has 7 nitrogen and oxygen atoms in total. The molecule has 174 valence electrons. The van der Waals surface area contributed by atoms with E-state index in [0.717, 1.165) is 43.9 Å². The number of rotatable bonds is 11. The van der Waals surface area contributed by atoms with E-state index >= 15 is 0 Å². The molecule has 1 aromatic carbocycles. The van der Waals surface area contributed by atoms with Gasteiger partial charge in [-0.15, -0.1) is 0 Å². The van der Waals surface area contributed by atoms with Gasteiger partial charge in [0.05, 0.1) is 0 Å². The largest absolute Gasteiger partial charge is 0.492 e. The monoisotopic (exact) mass is 433 g/mol. The van der Waals surface area contributed by atoms with Crippen LogP contribution in [0.2, 0.25) is 0 Å². The molecule has 2 rings (SSSR count). The van der Waals surface area contributed by atoms with Crippen LogP contribution in [-0.4, -0.2) is 62.7 Å². The van der Waals surface area contributed by atoms with Gasteiger partial charge in [-0.3, -0.25) is 14.5 Å². The molecule has 0 aliphatic carbocycles. The van der Waals surface area contributed by atoms with Crippen molar-refractivity contribution in [3.05, 3.63) is 29.8 Å². The third kappa shape index (κ3) is 9.70. The van der Waals surface area contributed by atoms with Crippen LogP contribution in [-0.2, 0) is 20.9 Å². The minimum Gasteiger partial charge on any atom is -0.492 e. The summed E-state index contributed by atoms with van der Waals surface area (Å²) in [6.45, 7) is 9.78. The average Bonchev–Trinajstić information content (AvgIpc) is 2.75. The number of carbonyl (C=O) groups excluding carboxylic acids is 2. The Balaban J connectivity index is 1.63. The van der Waals surface area contributed by atoms with Crippen molar-refractivity contribution < 1.29 is 19.1 Å². The molecule has 2 N–H and O–H groups in total. The molecule has 0 unspecified atom stereocenters. The zero-order valence-corrected chi connectivity index (χ0v) is 19.5. The summed E-state index contributed by atoms with van der Waals surface area (Å²) in [5, 5.41) is 5.80. The first-order valence-electron chi connectivity index (χ1n) is 11.3. The van der Waals surface area contributed by atoms with Crippen molar-refractivity contribution >= 4 is 11.8 Å². The molecule has 0 atom stereocenters. The molecule has 0 aromatic heterocycles. The molecule has 0 saturated carbocycles. The summed E-state index contributed by atoms with van der Waals surface area (Å²) >= 11 is 0. The van der Waals surface area contributed by atoms with Gasteiger partial charge in [-0.2, -0.15) is 0 Å². The lowest BCUT2D eigenvalue weighted by Crippen LogP contribution is -2.38. The van der Waals surface area contributed by atoms with Crippen molar-refractivity contribution in [2.75, 3.05) is 40.0 Å². The van der Waals surface area contributed by atoms with Crippen molar-refractivity contribution in [2.45, 2.75) is 59.0 Å². The van der Waals surface area contributed by atoms with E-state index in [1.54, 1.807) is 0 Å². The minimum atomic E-state index is -0.407. The zero-order chi connectivity index (χ0) is 22.7. The molecule has 31 heavy (non-hydrogen) atoms. The number of likely N-dealkylation sites (N-methyl/N-ethyl adjacent to an activating group) is 1. The van der Waals surface area contributed by atoms with Crippen LogP contribution in [0.3, 0.4) is 0 Å². The summed E-state index contributed by atoms with van der Waals surface area (Å²) in [5.41, 5.74) is 0.597. The zero-order valence-electron chi connectivity index (χ0n) is 19.5. The van der Waals surface area contributed by atoms with Crippen LogP contribution in [0.4, 0.5) is 0 Å². The molecule has 1 heterocycles. The van der Waals surface area contributed by atoms with Gasteiger partial charge in [0.1, 0.15) is 12.4 Å². The van der Waals surface area contributed by atoms with Gasteiger partial charge in [0.25, 0.3) is 0 Å². The number of ether oxygens (including phenoxy) is 2. The van der Waals surface area contributed by atoms with Crippen LogP contribution < -0.4 is 15.4 Å². The van der Waals surface area contributed by atoms with Gasteiger partial charge in [0, 0.05) is 50.7 Å². The third-order valence-corrected chi connectivity index (χ3v) is 5.46. The van der Waals surface area contributed by atoms with Crippen LogP contribution >= 0.6 is 0 Å². The highest BCUT2D eigenvalue weighted by Gasteiger charge is 2.20. The average molecular weight is 434 g/mol. The minimum absolute atomic E-state index is 0.00340. The second kappa shape index (κ2) is 12.7. The van der Waals surface area contributed by atoms with E-state index in [4.69, 9.17) is 9.47 Å². The standard InChI is InChI=1S/C24H39N3O4/c1-24(2,3)23(29)25-12-6-9-22(28)26-18-19-7-5-8-21(17-19)31-16-13-27(4)20-10-14-30-15-11-20/h5,7-8,17,20H,6,9-16,18H2,1-4H3,(H,25,29)(H,26,28). The Morgan fingerprint density at radius 3 is 2.65 bits per heavy atom. The maximum atomic E-state index is 12.1. The smallest absolute Gasteiger partial charge is 0.225 e. The van der Waals surface area contributed by atoms with Gasteiger partial charge in [-0.25, -0.2) is 0 Å². The second-order valence-electron chi connectivity index (χ2n) is 9.21. The van der Waals surface area contributed by atoms with E-state index in [1.807, 2.05) is 45.0 Å². The number of hydrogen-bond acceptors (Lipinski definition) is 5. The van der Waals surface area contributed by atoms with Gasteiger partial charge in [-0.1, -0.05) is 32.9 Å². The lowest BCUT2D eigenvalue weighted by Gasteiger charge is -2.31. The van der Waals surface area contributed by atoms with Crippen LogP contribution in [0.5, 0.6) is 5.75 Å². The number of nitrogens with zero attached hydrogens (tertiary/aromatic N) is 1. The number of carbonyl (C=O) groups is 2. The molecule has 1 aliphatic rings. The van der Waals surface area contributed by atoms with E-state index in [2.05, 4.69) is 22.6 Å². The highest BCUT2D eigenvalue weighted by atomic mass is 16.5. The van der Waals surface area contributed by atoms with E-state index < -0.39 is 5.41 Å². The molecular formula is C24H39N3O4. The summed E-state index contributed by atoms with van der Waals surface area (Å²) in [7, 11) is 2.14. The molecule has 1 aromatic rings. The normalized spacial score (nSPS) is 15.0. The maximum Gasteiger partial charge on any atom is 0.225 e. The molecule has 1 saturated heterocycles. The van der Waals surface area contributed by atoms with Crippen LogP contribution in [0.1, 0.15) is 52.0 Å². The summed E-state index contributed by atoms with van der Waals surface area (Å²) in [6, 6.07) is 8.41. The Bertz CT molecular complexity index is 696. The first kappa shape index (κ1) is 25.1. The summed E-state index contributed by atoms with van der Waals surface area (Å²) in [5.74, 6) is 0.801. The Morgan fingerprint density at radius 1 is 1.19 bits per heavy atom. The van der Waals surface area contributed by atoms with E-state index in [1.165, 1.54) is 0 Å².